The number of hydrogen-bond donors (Lipinski definition) is 2. The van der Waals surface area contributed by atoms with E-state index in [-0.39, 0.29) is 16.7 Å². The quantitative estimate of drug-likeness (QED) is 0.872. The van der Waals surface area contributed by atoms with Gasteiger partial charge in [-0.15, -0.1) is 0 Å². The number of anilines is 1. The molecule has 0 aliphatic carbocycles. The molecule has 2 aromatic rings. The molecule has 92 valence electrons. The van der Waals surface area contributed by atoms with E-state index < -0.39 is 5.91 Å². The van der Waals surface area contributed by atoms with Gasteiger partial charge in [0.15, 0.2) is 11.0 Å². The van der Waals surface area contributed by atoms with Crippen LogP contribution in [0.4, 0.5) is 5.82 Å². The van der Waals surface area contributed by atoms with Crippen LogP contribution in [-0.4, -0.2) is 21.0 Å². The van der Waals surface area contributed by atoms with Crippen LogP contribution in [0.25, 0.3) is 0 Å². The molecular weight excluding hydrogens is 254 g/mol. The van der Waals surface area contributed by atoms with Crippen molar-refractivity contribution >= 4 is 23.3 Å². The number of phenols is 1. The summed E-state index contributed by atoms with van der Waals surface area (Å²) >= 11 is 5.79. The summed E-state index contributed by atoms with van der Waals surface area (Å²) in [5.41, 5.74) is 0.853. The fourth-order valence-electron chi connectivity index (χ4n) is 1.45. The number of aromatic nitrogens is 2. The van der Waals surface area contributed by atoms with E-state index in [0.29, 0.717) is 11.1 Å². The van der Waals surface area contributed by atoms with Crippen molar-refractivity contribution in [1.29, 1.82) is 0 Å². The molecule has 5 nitrogen and oxygen atoms in total. The Balaban J connectivity index is 2.28. The highest BCUT2D eigenvalue weighted by atomic mass is 35.5. The average molecular weight is 264 g/mol. The Morgan fingerprint density at radius 3 is 2.78 bits per heavy atom. The van der Waals surface area contributed by atoms with E-state index in [0.717, 1.165) is 0 Å². The zero-order valence-electron chi connectivity index (χ0n) is 9.51. The van der Waals surface area contributed by atoms with Gasteiger partial charge in [-0.25, -0.2) is 9.97 Å². The van der Waals surface area contributed by atoms with E-state index in [4.69, 9.17) is 11.6 Å². The van der Waals surface area contributed by atoms with Crippen LogP contribution in [0.1, 0.15) is 15.9 Å². The fraction of sp³-hybridized carbons (Fsp3) is 0.0833. The summed E-state index contributed by atoms with van der Waals surface area (Å²) in [5.74, 6) is -0.148. The molecule has 0 bridgehead atoms. The van der Waals surface area contributed by atoms with Crippen molar-refractivity contribution in [2.45, 2.75) is 6.92 Å². The third-order valence-electron chi connectivity index (χ3n) is 2.44. The Labute approximate surface area is 108 Å². The lowest BCUT2D eigenvalue weighted by Crippen LogP contribution is -2.14. The predicted molar refractivity (Wildman–Crippen MR) is 67.8 cm³/mol. The van der Waals surface area contributed by atoms with Crippen molar-refractivity contribution < 1.29 is 9.90 Å². The lowest BCUT2D eigenvalue weighted by molar-refractivity contribution is 0.102. The van der Waals surface area contributed by atoms with Gasteiger partial charge < -0.3 is 10.4 Å². The number of amides is 1. The summed E-state index contributed by atoms with van der Waals surface area (Å²) < 4.78 is 0. The van der Waals surface area contributed by atoms with Gasteiger partial charge in [-0.3, -0.25) is 4.79 Å². The van der Waals surface area contributed by atoms with Gasteiger partial charge in [0, 0.05) is 23.5 Å². The van der Waals surface area contributed by atoms with Crippen molar-refractivity contribution in [2.24, 2.45) is 0 Å². The first-order chi connectivity index (χ1) is 8.59. The minimum Gasteiger partial charge on any atom is -0.508 e. The molecular formula is C12H10ClN3O2. The SMILES string of the molecule is Cc1c(O)cccc1C(=O)Nc1nccnc1Cl. The van der Waals surface area contributed by atoms with Gasteiger partial charge in [0.1, 0.15) is 5.75 Å². The summed E-state index contributed by atoms with van der Waals surface area (Å²) in [6.45, 7) is 1.66. The molecule has 0 saturated carbocycles. The van der Waals surface area contributed by atoms with Crippen LogP contribution in [0.5, 0.6) is 5.75 Å². The summed E-state index contributed by atoms with van der Waals surface area (Å²) in [6, 6.07) is 4.71. The highest BCUT2D eigenvalue weighted by Gasteiger charge is 2.13. The second-order valence-electron chi connectivity index (χ2n) is 3.60. The second-order valence-corrected chi connectivity index (χ2v) is 3.96. The van der Waals surface area contributed by atoms with E-state index in [1.807, 2.05) is 0 Å². The number of aromatic hydroxyl groups is 1. The van der Waals surface area contributed by atoms with Crippen molar-refractivity contribution in [3.8, 4) is 5.75 Å². The molecule has 0 aliphatic rings. The van der Waals surface area contributed by atoms with E-state index in [2.05, 4.69) is 15.3 Å². The number of hydrogen-bond acceptors (Lipinski definition) is 4. The first kappa shape index (κ1) is 12.3. The molecule has 1 heterocycles. The maximum absolute atomic E-state index is 12.0. The van der Waals surface area contributed by atoms with Crippen molar-refractivity contribution in [2.75, 3.05) is 5.32 Å². The average Bonchev–Trinajstić information content (AvgIpc) is 2.35. The molecule has 6 heteroatoms. The summed E-state index contributed by atoms with van der Waals surface area (Å²) in [7, 11) is 0. The van der Waals surface area contributed by atoms with Gasteiger partial charge in [-0.05, 0) is 19.1 Å². The maximum Gasteiger partial charge on any atom is 0.257 e. The Morgan fingerprint density at radius 1 is 1.33 bits per heavy atom. The standard InChI is InChI=1S/C12H10ClN3O2/c1-7-8(3-2-4-9(7)17)12(18)16-11-10(13)14-5-6-15-11/h2-6,17H,1H3,(H,15,16,18). The first-order valence-electron chi connectivity index (χ1n) is 5.16. The number of nitrogens with one attached hydrogen (secondary N) is 1. The van der Waals surface area contributed by atoms with E-state index in [1.165, 1.54) is 18.5 Å². The monoisotopic (exact) mass is 263 g/mol. The molecule has 1 aromatic carbocycles. The Bertz CT molecular complexity index is 602. The third kappa shape index (κ3) is 2.41. The molecule has 1 amide bonds. The molecule has 0 aliphatic heterocycles. The van der Waals surface area contributed by atoms with Gasteiger partial charge in [0.2, 0.25) is 0 Å². The van der Waals surface area contributed by atoms with Gasteiger partial charge in [-0.1, -0.05) is 17.7 Å². The fourth-order valence-corrected chi connectivity index (χ4v) is 1.60. The Hall–Kier alpha value is -2.14. The highest BCUT2D eigenvalue weighted by Crippen LogP contribution is 2.21. The normalized spacial score (nSPS) is 10.1. The van der Waals surface area contributed by atoms with Gasteiger partial charge >= 0.3 is 0 Å². The smallest absolute Gasteiger partial charge is 0.257 e. The first-order valence-corrected chi connectivity index (χ1v) is 5.54. The van der Waals surface area contributed by atoms with Gasteiger partial charge in [0.05, 0.1) is 0 Å². The zero-order chi connectivity index (χ0) is 13.1. The molecule has 2 rings (SSSR count). The second kappa shape index (κ2) is 5.01. The molecule has 2 N–H and O–H groups in total. The molecule has 1 aromatic heterocycles. The topological polar surface area (TPSA) is 75.1 Å². The minimum absolute atomic E-state index is 0.0629. The number of carbonyl (C=O) groups excluding carboxylic acids is 1. The van der Waals surface area contributed by atoms with E-state index in [9.17, 15) is 9.90 Å². The highest BCUT2D eigenvalue weighted by molar-refractivity contribution is 6.32. The van der Waals surface area contributed by atoms with Crippen LogP contribution < -0.4 is 5.32 Å². The van der Waals surface area contributed by atoms with Crippen molar-refractivity contribution in [3.05, 3.63) is 46.9 Å². The Kier molecular flexibility index (Phi) is 3.43. The summed E-state index contributed by atoms with van der Waals surface area (Å²) in [5, 5.41) is 12.2. The summed E-state index contributed by atoms with van der Waals surface area (Å²) in [6.07, 6.45) is 2.86. The lowest BCUT2D eigenvalue weighted by Gasteiger charge is -2.08. The van der Waals surface area contributed by atoms with E-state index in [1.54, 1.807) is 19.1 Å². The van der Waals surface area contributed by atoms with Crippen LogP contribution in [0.3, 0.4) is 0 Å². The number of nitrogens with zero attached hydrogens (tertiary/aromatic N) is 2. The molecule has 18 heavy (non-hydrogen) atoms. The van der Waals surface area contributed by atoms with Crippen LogP contribution in [-0.2, 0) is 0 Å². The Morgan fingerprint density at radius 2 is 2.06 bits per heavy atom. The maximum atomic E-state index is 12.0. The molecule has 0 radical (unpaired) electrons. The number of rotatable bonds is 2. The van der Waals surface area contributed by atoms with Gasteiger partial charge in [0.25, 0.3) is 5.91 Å². The molecule has 0 unspecified atom stereocenters. The number of benzene rings is 1. The summed E-state index contributed by atoms with van der Waals surface area (Å²) in [4.78, 5) is 19.7. The van der Waals surface area contributed by atoms with Crippen molar-refractivity contribution in [3.63, 3.8) is 0 Å². The molecule has 0 atom stereocenters. The van der Waals surface area contributed by atoms with Crippen molar-refractivity contribution in [1.82, 2.24) is 9.97 Å². The molecule has 0 fully saturated rings. The zero-order valence-corrected chi connectivity index (χ0v) is 10.3. The third-order valence-corrected chi connectivity index (χ3v) is 2.71. The minimum atomic E-state index is -0.397. The molecule has 0 saturated heterocycles. The van der Waals surface area contributed by atoms with Crippen LogP contribution in [0, 0.1) is 6.92 Å². The van der Waals surface area contributed by atoms with E-state index >= 15 is 0 Å². The number of halogens is 1. The van der Waals surface area contributed by atoms with Crippen LogP contribution in [0.15, 0.2) is 30.6 Å². The number of carbonyl (C=O) groups is 1. The van der Waals surface area contributed by atoms with Gasteiger partial charge in [-0.2, -0.15) is 0 Å². The predicted octanol–water partition coefficient (Wildman–Crippen LogP) is 2.40. The molecule has 0 spiro atoms. The number of phenolic OH excluding ortho intramolecular Hbond substituents is 1. The lowest BCUT2D eigenvalue weighted by atomic mass is 10.1. The van der Waals surface area contributed by atoms with Crippen LogP contribution >= 0.6 is 11.6 Å². The largest absolute Gasteiger partial charge is 0.508 e. The van der Waals surface area contributed by atoms with Crippen LogP contribution in [0.2, 0.25) is 5.15 Å².